The van der Waals surface area contributed by atoms with Crippen LogP contribution in [0.5, 0.6) is 0 Å². The first-order valence-electron chi connectivity index (χ1n) is 10.3. The lowest BCUT2D eigenvalue weighted by Crippen LogP contribution is -2.35. The van der Waals surface area contributed by atoms with Crippen LogP contribution in [0, 0.1) is 11.8 Å². The van der Waals surface area contributed by atoms with Gasteiger partial charge >= 0.3 is 0 Å². The molecule has 2 aliphatic heterocycles. The van der Waals surface area contributed by atoms with Gasteiger partial charge in [0.05, 0.1) is 22.8 Å². The van der Waals surface area contributed by atoms with Gasteiger partial charge in [0.25, 0.3) is 11.8 Å². The van der Waals surface area contributed by atoms with Crippen LogP contribution in [-0.2, 0) is 19.2 Å². The molecule has 0 saturated carbocycles. The maximum atomic E-state index is 12.8. The predicted molar refractivity (Wildman–Crippen MR) is 120 cm³/mol. The lowest BCUT2D eigenvalue weighted by molar-refractivity contribution is -0.133. The second-order valence-electron chi connectivity index (χ2n) is 7.75. The molecule has 0 saturated heterocycles. The molecule has 2 amide bonds. The second-order valence-corrected chi connectivity index (χ2v) is 7.75. The highest BCUT2D eigenvalue weighted by molar-refractivity contribution is 6.29. The van der Waals surface area contributed by atoms with E-state index in [9.17, 15) is 19.2 Å². The van der Waals surface area contributed by atoms with Crippen LogP contribution in [0.25, 0.3) is 0 Å². The number of hydrogen-bond acceptors (Lipinski definition) is 6. The van der Waals surface area contributed by atoms with Gasteiger partial charge in [-0.15, -0.1) is 0 Å². The Hall–Kier alpha value is -3.94. The standard InChI is InChI=1S/C24H22N4O4/c1-15-21(23(31)27(25-15)17-9-5-3-6-10-17)19(29)13-14-20(30)22-16(2)26-28(24(22)32)18-11-7-4-8-12-18/h3-12,21-22H,13-14H2,1-2H3/t21-,22-/m1/s1. The SMILES string of the molecule is CC1=NN(c2ccccc2)C(=O)[C@H]1C(=O)CCC(=O)[C@@H]1C(=O)N(c2ccccc2)N=C1C. The zero-order chi connectivity index (χ0) is 22.8. The molecule has 0 bridgehead atoms. The second kappa shape index (κ2) is 8.66. The molecule has 0 spiro atoms. The number of amides is 2. The maximum Gasteiger partial charge on any atom is 0.263 e. The van der Waals surface area contributed by atoms with Crippen molar-refractivity contribution in [1.82, 2.24) is 0 Å². The van der Waals surface area contributed by atoms with E-state index in [1.54, 1.807) is 62.4 Å². The fraction of sp³-hybridized carbons (Fsp3) is 0.250. The zero-order valence-corrected chi connectivity index (χ0v) is 17.8. The first-order chi connectivity index (χ1) is 15.4. The molecule has 8 nitrogen and oxygen atoms in total. The topological polar surface area (TPSA) is 99.5 Å². The quantitative estimate of drug-likeness (QED) is 0.631. The molecule has 0 aliphatic carbocycles. The monoisotopic (exact) mass is 430 g/mol. The zero-order valence-electron chi connectivity index (χ0n) is 17.8. The molecule has 0 radical (unpaired) electrons. The van der Waals surface area contributed by atoms with E-state index >= 15 is 0 Å². The summed E-state index contributed by atoms with van der Waals surface area (Å²) in [6, 6.07) is 17.7. The third-order valence-electron chi connectivity index (χ3n) is 5.53. The number of Topliss-reactive ketones (excluding diaryl/α,β-unsaturated/α-hetero) is 2. The first kappa shape index (κ1) is 21.3. The van der Waals surface area contributed by atoms with Crippen molar-refractivity contribution in [3.63, 3.8) is 0 Å². The molecule has 8 heteroatoms. The molecule has 2 aromatic rings. The minimum atomic E-state index is -1.02. The number of hydrazone groups is 2. The van der Waals surface area contributed by atoms with E-state index < -0.39 is 23.7 Å². The Balaban J connectivity index is 1.40. The molecular weight excluding hydrogens is 408 g/mol. The maximum absolute atomic E-state index is 12.8. The normalized spacial score (nSPS) is 20.4. The van der Waals surface area contributed by atoms with E-state index in [4.69, 9.17) is 0 Å². The first-order valence-corrected chi connectivity index (χ1v) is 10.3. The van der Waals surface area contributed by atoms with Gasteiger partial charge in [-0.25, -0.2) is 0 Å². The van der Waals surface area contributed by atoms with Crippen molar-refractivity contribution < 1.29 is 19.2 Å². The van der Waals surface area contributed by atoms with Crippen LogP contribution in [0.15, 0.2) is 70.9 Å². The van der Waals surface area contributed by atoms with Crippen LogP contribution in [0.2, 0.25) is 0 Å². The fourth-order valence-electron chi connectivity index (χ4n) is 3.92. The van der Waals surface area contributed by atoms with E-state index in [1.165, 1.54) is 10.0 Å². The highest BCUT2D eigenvalue weighted by atomic mass is 16.2. The summed E-state index contributed by atoms with van der Waals surface area (Å²) in [5.74, 6) is -3.67. The van der Waals surface area contributed by atoms with Gasteiger partial charge in [0.2, 0.25) is 0 Å². The minimum Gasteiger partial charge on any atom is -0.298 e. The summed E-state index contributed by atoms with van der Waals surface area (Å²) in [7, 11) is 0. The van der Waals surface area contributed by atoms with E-state index in [-0.39, 0.29) is 24.4 Å². The van der Waals surface area contributed by atoms with Gasteiger partial charge in [-0.2, -0.15) is 20.2 Å². The lowest BCUT2D eigenvalue weighted by atomic mass is 9.91. The fourth-order valence-corrected chi connectivity index (χ4v) is 3.92. The van der Waals surface area contributed by atoms with Crippen LogP contribution in [0.3, 0.4) is 0 Å². The molecule has 32 heavy (non-hydrogen) atoms. The molecule has 0 fully saturated rings. The Morgan fingerprint density at radius 3 is 1.38 bits per heavy atom. The Morgan fingerprint density at radius 2 is 1.03 bits per heavy atom. The smallest absolute Gasteiger partial charge is 0.263 e. The van der Waals surface area contributed by atoms with Crippen molar-refractivity contribution in [2.24, 2.45) is 22.0 Å². The Morgan fingerprint density at radius 1 is 0.688 bits per heavy atom. The number of nitrogens with zero attached hydrogens (tertiary/aromatic N) is 4. The van der Waals surface area contributed by atoms with E-state index in [0.717, 1.165) is 0 Å². The molecule has 2 atom stereocenters. The van der Waals surface area contributed by atoms with Gasteiger partial charge in [-0.05, 0) is 38.1 Å². The highest BCUT2D eigenvalue weighted by Gasteiger charge is 2.42. The van der Waals surface area contributed by atoms with Crippen LogP contribution in [-0.4, -0.2) is 34.8 Å². The van der Waals surface area contributed by atoms with Crippen molar-refractivity contribution in [2.75, 3.05) is 10.0 Å². The Bertz CT molecular complexity index is 1050. The van der Waals surface area contributed by atoms with Crippen molar-refractivity contribution in [3.05, 3.63) is 60.7 Å². The number of ketones is 2. The minimum absolute atomic E-state index is 0.146. The number of carbonyl (C=O) groups is 4. The average Bonchev–Trinajstić information content (AvgIpc) is 3.27. The lowest BCUT2D eigenvalue weighted by Gasteiger charge is -2.15. The number of para-hydroxylation sites is 2. The number of rotatable bonds is 7. The van der Waals surface area contributed by atoms with Gasteiger partial charge in [-0.1, -0.05) is 36.4 Å². The molecule has 2 aliphatic rings. The molecule has 2 heterocycles. The van der Waals surface area contributed by atoms with Crippen molar-refractivity contribution in [1.29, 1.82) is 0 Å². The van der Waals surface area contributed by atoms with Crippen LogP contribution in [0.4, 0.5) is 11.4 Å². The molecular formula is C24H22N4O4. The summed E-state index contributed by atoms with van der Waals surface area (Å²) in [4.78, 5) is 51.2. The molecule has 162 valence electrons. The van der Waals surface area contributed by atoms with Gasteiger partial charge in [0, 0.05) is 12.8 Å². The van der Waals surface area contributed by atoms with Crippen molar-refractivity contribution in [2.45, 2.75) is 26.7 Å². The summed E-state index contributed by atoms with van der Waals surface area (Å²) in [5.41, 5.74) is 1.93. The summed E-state index contributed by atoms with van der Waals surface area (Å²) in [6.07, 6.45) is -0.291. The Kier molecular flexibility index (Phi) is 5.77. The number of benzene rings is 2. The summed E-state index contributed by atoms with van der Waals surface area (Å²) in [5, 5.41) is 10.9. The van der Waals surface area contributed by atoms with Gasteiger partial charge in [-0.3, -0.25) is 19.2 Å². The van der Waals surface area contributed by atoms with E-state index in [0.29, 0.717) is 22.8 Å². The van der Waals surface area contributed by atoms with E-state index in [1.807, 2.05) is 12.1 Å². The third kappa shape index (κ3) is 3.87. The third-order valence-corrected chi connectivity index (χ3v) is 5.53. The predicted octanol–water partition coefficient (Wildman–Crippen LogP) is 2.98. The number of hydrogen-bond donors (Lipinski definition) is 0. The number of anilines is 2. The highest BCUT2D eigenvalue weighted by Crippen LogP contribution is 2.27. The number of carbonyl (C=O) groups excluding carboxylic acids is 4. The molecule has 4 rings (SSSR count). The van der Waals surface area contributed by atoms with Crippen LogP contribution in [0.1, 0.15) is 26.7 Å². The molecule has 0 N–H and O–H groups in total. The average molecular weight is 430 g/mol. The van der Waals surface area contributed by atoms with Crippen LogP contribution >= 0.6 is 0 Å². The van der Waals surface area contributed by atoms with Gasteiger partial charge in [0.15, 0.2) is 11.6 Å². The van der Waals surface area contributed by atoms with Gasteiger partial charge in [0.1, 0.15) is 11.8 Å². The summed E-state index contributed by atoms with van der Waals surface area (Å²) in [6.45, 7) is 3.25. The molecule has 0 unspecified atom stereocenters. The molecule has 2 aromatic carbocycles. The Labute approximate surface area is 185 Å². The van der Waals surface area contributed by atoms with E-state index in [2.05, 4.69) is 10.2 Å². The summed E-state index contributed by atoms with van der Waals surface area (Å²) < 4.78 is 0. The van der Waals surface area contributed by atoms with Crippen molar-refractivity contribution >= 4 is 46.2 Å². The largest absolute Gasteiger partial charge is 0.298 e. The van der Waals surface area contributed by atoms with Crippen LogP contribution < -0.4 is 10.0 Å². The van der Waals surface area contributed by atoms with Crippen molar-refractivity contribution in [3.8, 4) is 0 Å². The molecule has 0 aromatic heterocycles. The summed E-state index contributed by atoms with van der Waals surface area (Å²) >= 11 is 0. The van der Waals surface area contributed by atoms with Gasteiger partial charge < -0.3 is 0 Å².